The van der Waals surface area contributed by atoms with Crippen LogP contribution in [0.15, 0.2) is 27.7 Å². The smallest absolute Gasteiger partial charge is 0.198 e. The highest BCUT2D eigenvalue weighted by Crippen LogP contribution is 2.42. The van der Waals surface area contributed by atoms with Gasteiger partial charge in [-0.2, -0.15) is 0 Å². The average Bonchev–Trinajstić information content (AvgIpc) is 3.17. The van der Waals surface area contributed by atoms with Gasteiger partial charge in [0, 0.05) is 17.7 Å². The summed E-state index contributed by atoms with van der Waals surface area (Å²) in [4.78, 5) is 12.2. The molecule has 5 nitrogen and oxygen atoms in total. The lowest BCUT2D eigenvalue weighted by atomic mass is 9.98. The van der Waals surface area contributed by atoms with Crippen LogP contribution in [0.3, 0.4) is 0 Å². The molecule has 1 saturated carbocycles. The number of rotatable bonds is 4. The molecular weight excluding hydrogens is 309 g/mol. The van der Waals surface area contributed by atoms with E-state index in [1.54, 1.807) is 0 Å². The van der Waals surface area contributed by atoms with Crippen LogP contribution in [0.5, 0.6) is 0 Å². The third-order valence-corrected chi connectivity index (χ3v) is 4.90. The summed E-state index contributed by atoms with van der Waals surface area (Å²) in [6.45, 7) is 1.39. The first-order valence-corrected chi connectivity index (χ1v) is 8.68. The van der Waals surface area contributed by atoms with Crippen LogP contribution in [0.4, 0.5) is 4.39 Å². The fraction of sp³-hybridized carbons (Fsp3) is 0.333. The van der Waals surface area contributed by atoms with E-state index >= 15 is 0 Å². The highest BCUT2D eigenvalue weighted by Gasteiger charge is 2.33. The average molecular weight is 323 g/mol. The zero-order valence-electron chi connectivity index (χ0n) is 12.1. The van der Waals surface area contributed by atoms with E-state index in [1.807, 2.05) is 0 Å². The highest BCUT2D eigenvalue weighted by atomic mass is 32.2. The molecule has 1 fully saturated rings. The molecule has 0 aliphatic heterocycles. The van der Waals surface area contributed by atoms with Gasteiger partial charge in [-0.3, -0.25) is 4.79 Å². The summed E-state index contributed by atoms with van der Waals surface area (Å²) in [5, 5.41) is 3.65. The van der Waals surface area contributed by atoms with Gasteiger partial charge in [-0.05, 0) is 37.5 Å². The molecule has 116 valence electrons. The Kier molecular flexibility index (Phi) is 3.40. The third kappa shape index (κ3) is 2.45. The van der Waals surface area contributed by atoms with Crippen molar-refractivity contribution in [1.29, 1.82) is 0 Å². The number of carbonyl (C=O) groups excluding carboxylic acids is 1. The quantitative estimate of drug-likeness (QED) is 0.808. The van der Waals surface area contributed by atoms with Gasteiger partial charge in [0.15, 0.2) is 21.4 Å². The lowest BCUT2D eigenvalue weighted by molar-refractivity contribution is 0.103. The zero-order valence-corrected chi connectivity index (χ0v) is 12.9. The molecule has 1 aliphatic carbocycles. The SMILES string of the molecule is Cc1c(C(=O)c2cnoc2C2CC2)ccc(S(C)(=O)=O)c1F. The summed E-state index contributed by atoms with van der Waals surface area (Å²) in [5.41, 5.74) is 0.447. The first-order valence-electron chi connectivity index (χ1n) is 6.79. The largest absolute Gasteiger partial charge is 0.360 e. The van der Waals surface area contributed by atoms with Crippen LogP contribution in [0.1, 0.15) is 46.0 Å². The number of halogens is 1. The molecular formula is C15H14FNO4S. The molecule has 0 N–H and O–H groups in total. The molecule has 0 bridgehead atoms. The lowest BCUT2D eigenvalue weighted by Gasteiger charge is -2.09. The number of ketones is 1. The van der Waals surface area contributed by atoms with Crippen LogP contribution in [0.2, 0.25) is 0 Å². The van der Waals surface area contributed by atoms with Crippen molar-refractivity contribution in [2.75, 3.05) is 6.26 Å². The van der Waals surface area contributed by atoms with E-state index in [4.69, 9.17) is 4.52 Å². The molecule has 1 aromatic heterocycles. The van der Waals surface area contributed by atoms with Crippen molar-refractivity contribution in [1.82, 2.24) is 5.16 Å². The maximum absolute atomic E-state index is 14.3. The van der Waals surface area contributed by atoms with Crippen LogP contribution >= 0.6 is 0 Å². The van der Waals surface area contributed by atoms with Crippen LogP contribution in [0, 0.1) is 12.7 Å². The molecule has 0 radical (unpaired) electrons. The Hall–Kier alpha value is -2.02. The van der Waals surface area contributed by atoms with E-state index < -0.39 is 26.3 Å². The minimum atomic E-state index is -3.68. The van der Waals surface area contributed by atoms with Gasteiger partial charge in [0.25, 0.3) is 0 Å². The second kappa shape index (κ2) is 5.01. The van der Waals surface area contributed by atoms with Crippen molar-refractivity contribution in [3.63, 3.8) is 0 Å². The maximum atomic E-state index is 14.3. The maximum Gasteiger partial charge on any atom is 0.198 e. The third-order valence-electron chi connectivity index (χ3n) is 3.79. The van der Waals surface area contributed by atoms with Crippen molar-refractivity contribution in [3.8, 4) is 0 Å². The Morgan fingerprint density at radius 1 is 1.32 bits per heavy atom. The van der Waals surface area contributed by atoms with E-state index in [-0.39, 0.29) is 17.0 Å². The standard InChI is InChI=1S/C15H14FNO4S/c1-8-10(5-6-12(13(8)16)22(2,19)20)14(18)11-7-17-21-15(11)9-3-4-9/h5-7,9H,3-4H2,1-2H3. The summed E-state index contributed by atoms with van der Waals surface area (Å²) in [6, 6.07) is 2.45. The fourth-order valence-electron chi connectivity index (χ4n) is 2.40. The van der Waals surface area contributed by atoms with Gasteiger partial charge in [0.1, 0.15) is 10.7 Å². The number of carbonyl (C=O) groups is 1. The first kappa shape index (κ1) is 14.9. The number of sulfone groups is 1. The van der Waals surface area contributed by atoms with Gasteiger partial charge in [-0.25, -0.2) is 12.8 Å². The predicted molar refractivity (Wildman–Crippen MR) is 76.2 cm³/mol. The predicted octanol–water partition coefficient (Wildman–Crippen LogP) is 2.63. The van der Waals surface area contributed by atoms with E-state index in [0.29, 0.717) is 11.3 Å². The second-order valence-electron chi connectivity index (χ2n) is 5.53. The molecule has 0 saturated heterocycles. The molecule has 0 atom stereocenters. The topological polar surface area (TPSA) is 77.2 Å². The Balaban J connectivity index is 2.07. The first-order chi connectivity index (χ1) is 10.3. The van der Waals surface area contributed by atoms with Crippen LogP contribution in [-0.2, 0) is 9.84 Å². The Bertz CT molecular complexity index is 866. The zero-order chi connectivity index (χ0) is 16.1. The number of nitrogens with zero attached hydrogens (tertiary/aromatic N) is 1. The number of benzene rings is 1. The molecule has 0 unspecified atom stereocenters. The number of hydrogen-bond donors (Lipinski definition) is 0. The molecule has 0 spiro atoms. The number of aromatic nitrogens is 1. The monoisotopic (exact) mass is 323 g/mol. The van der Waals surface area contributed by atoms with Gasteiger partial charge in [-0.1, -0.05) is 5.16 Å². The summed E-state index contributed by atoms with van der Waals surface area (Å²) >= 11 is 0. The minimum Gasteiger partial charge on any atom is -0.360 e. The molecule has 1 aliphatic rings. The van der Waals surface area contributed by atoms with Crippen molar-refractivity contribution in [2.45, 2.75) is 30.6 Å². The van der Waals surface area contributed by atoms with E-state index in [1.165, 1.54) is 19.2 Å². The molecule has 1 heterocycles. The Labute approximate surface area is 127 Å². The van der Waals surface area contributed by atoms with Crippen LogP contribution in [-0.4, -0.2) is 25.6 Å². The summed E-state index contributed by atoms with van der Waals surface area (Å²) in [6.07, 6.45) is 4.14. The van der Waals surface area contributed by atoms with Crippen molar-refractivity contribution in [3.05, 3.63) is 46.6 Å². The molecule has 7 heteroatoms. The molecule has 0 amide bonds. The van der Waals surface area contributed by atoms with Gasteiger partial charge in [0.2, 0.25) is 0 Å². The summed E-state index contributed by atoms with van der Waals surface area (Å²) < 4.78 is 42.4. The van der Waals surface area contributed by atoms with Gasteiger partial charge in [-0.15, -0.1) is 0 Å². The van der Waals surface area contributed by atoms with Crippen LogP contribution < -0.4 is 0 Å². The van der Waals surface area contributed by atoms with E-state index in [9.17, 15) is 17.6 Å². The second-order valence-corrected chi connectivity index (χ2v) is 7.51. The number of hydrogen-bond acceptors (Lipinski definition) is 5. The van der Waals surface area contributed by atoms with Crippen molar-refractivity contribution < 1.29 is 22.1 Å². The molecule has 2 aromatic rings. The summed E-state index contributed by atoms with van der Waals surface area (Å²) in [5.74, 6) is -0.573. The van der Waals surface area contributed by atoms with Gasteiger partial charge < -0.3 is 4.52 Å². The lowest BCUT2D eigenvalue weighted by Crippen LogP contribution is -2.10. The van der Waals surface area contributed by atoms with Gasteiger partial charge >= 0.3 is 0 Å². The van der Waals surface area contributed by atoms with E-state index in [0.717, 1.165) is 25.2 Å². The minimum absolute atomic E-state index is 0.0101. The normalized spacial score (nSPS) is 15.0. The molecule has 22 heavy (non-hydrogen) atoms. The fourth-order valence-corrected chi connectivity index (χ4v) is 3.19. The van der Waals surface area contributed by atoms with Crippen molar-refractivity contribution >= 4 is 15.6 Å². The Morgan fingerprint density at radius 2 is 2.00 bits per heavy atom. The van der Waals surface area contributed by atoms with E-state index in [2.05, 4.69) is 5.16 Å². The van der Waals surface area contributed by atoms with Gasteiger partial charge in [0.05, 0.1) is 11.8 Å². The molecule has 1 aromatic carbocycles. The molecule has 3 rings (SSSR count). The highest BCUT2D eigenvalue weighted by molar-refractivity contribution is 7.90. The van der Waals surface area contributed by atoms with Crippen molar-refractivity contribution in [2.24, 2.45) is 0 Å². The van der Waals surface area contributed by atoms with Crippen LogP contribution in [0.25, 0.3) is 0 Å². The summed E-state index contributed by atoms with van der Waals surface area (Å²) in [7, 11) is -3.68. The Morgan fingerprint density at radius 3 is 2.59 bits per heavy atom.